The summed E-state index contributed by atoms with van der Waals surface area (Å²) in [6.07, 6.45) is 4.71. The molecule has 23 heavy (non-hydrogen) atoms. The van der Waals surface area contributed by atoms with E-state index < -0.39 is 12.1 Å². The predicted octanol–water partition coefficient (Wildman–Crippen LogP) is 5.15. The molecule has 0 aliphatic heterocycles. The number of halogens is 1. The zero-order valence-corrected chi connectivity index (χ0v) is 14.2. The Balaban J connectivity index is 2.87. The van der Waals surface area contributed by atoms with Gasteiger partial charge in [-0.05, 0) is 35.5 Å². The van der Waals surface area contributed by atoms with E-state index in [2.05, 4.69) is 27.4 Å². The van der Waals surface area contributed by atoms with Crippen molar-refractivity contribution in [3.63, 3.8) is 0 Å². The van der Waals surface area contributed by atoms with Gasteiger partial charge in [0, 0.05) is 12.0 Å². The Morgan fingerprint density at radius 1 is 1.30 bits per heavy atom. The van der Waals surface area contributed by atoms with Gasteiger partial charge >= 0.3 is 5.97 Å². The fraction of sp³-hybridized carbons (Fsp3) is 0.450. The molecule has 0 radical (unpaired) electrons. The van der Waals surface area contributed by atoms with E-state index >= 15 is 0 Å². The summed E-state index contributed by atoms with van der Waals surface area (Å²) in [6, 6.07) is 7.60. The molecule has 0 bridgehead atoms. The van der Waals surface area contributed by atoms with Crippen molar-refractivity contribution in [1.29, 1.82) is 0 Å². The van der Waals surface area contributed by atoms with Crippen molar-refractivity contribution in [2.24, 2.45) is 17.8 Å². The number of hydrogen-bond donors (Lipinski definition) is 1. The highest BCUT2D eigenvalue weighted by molar-refractivity contribution is 5.85. The third-order valence-corrected chi connectivity index (χ3v) is 4.72. The second kappa shape index (κ2) is 9.29. The van der Waals surface area contributed by atoms with E-state index in [0.717, 1.165) is 23.6 Å². The van der Waals surface area contributed by atoms with Crippen LogP contribution in [0.3, 0.4) is 0 Å². The molecule has 0 heterocycles. The van der Waals surface area contributed by atoms with Crippen molar-refractivity contribution in [2.75, 3.05) is 0 Å². The molecule has 0 spiro atoms. The van der Waals surface area contributed by atoms with Crippen molar-refractivity contribution in [3.8, 4) is 0 Å². The Labute approximate surface area is 138 Å². The summed E-state index contributed by atoms with van der Waals surface area (Å²) in [5, 5.41) is 8.64. The van der Waals surface area contributed by atoms with Crippen LogP contribution in [0.4, 0.5) is 4.39 Å². The van der Waals surface area contributed by atoms with E-state index in [0.29, 0.717) is 12.3 Å². The Morgan fingerprint density at radius 3 is 2.39 bits per heavy atom. The molecule has 1 aromatic carbocycles. The largest absolute Gasteiger partial charge is 0.478 e. The molecule has 0 aliphatic carbocycles. The maximum atomic E-state index is 14.3. The average molecular weight is 318 g/mol. The van der Waals surface area contributed by atoms with Crippen molar-refractivity contribution in [3.05, 3.63) is 54.1 Å². The molecule has 0 saturated heterocycles. The van der Waals surface area contributed by atoms with Crippen LogP contribution < -0.4 is 0 Å². The highest BCUT2D eigenvalue weighted by Crippen LogP contribution is 2.31. The minimum atomic E-state index is -1.02. The standard InChI is InChI=1S/C20H27FO2/c1-5-14(3)15(4)18(19(21)6-2)13-17-9-7-16(8-10-17)11-12-20(22)23/h6-12,14-15,18-19H,2,5,13H2,1,3-4H3,(H,22,23)/b12-11+/t14-,15+,18-,19?/m1/s1. The summed E-state index contributed by atoms with van der Waals surface area (Å²) in [5.41, 5.74) is 1.88. The van der Waals surface area contributed by atoms with Gasteiger partial charge in [0.1, 0.15) is 6.17 Å². The van der Waals surface area contributed by atoms with Crippen LogP contribution in [-0.2, 0) is 11.2 Å². The zero-order valence-electron chi connectivity index (χ0n) is 14.2. The fourth-order valence-electron chi connectivity index (χ4n) is 2.76. The van der Waals surface area contributed by atoms with Gasteiger partial charge in [0.05, 0.1) is 0 Å². The first kappa shape index (κ1) is 19.1. The minimum absolute atomic E-state index is 0.0946. The molecule has 2 nitrogen and oxygen atoms in total. The molecule has 3 heteroatoms. The third-order valence-electron chi connectivity index (χ3n) is 4.72. The number of aliphatic carboxylic acids is 1. The lowest BCUT2D eigenvalue weighted by atomic mass is 9.77. The molecule has 4 atom stereocenters. The van der Waals surface area contributed by atoms with Crippen LogP contribution in [0, 0.1) is 17.8 Å². The first-order valence-electron chi connectivity index (χ1n) is 8.15. The Bertz CT molecular complexity index is 533. The van der Waals surface area contributed by atoms with E-state index in [1.807, 2.05) is 24.3 Å². The second-order valence-electron chi connectivity index (χ2n) is 6.21. The van der Waals surface area contributed by atoms with Crippen molar-refractivity contribution in [2.45, 2.75) is 39.8 Å². The Morgan fingerprint density at radius 2 is 1.91 bits per heavy atom. The molecule has 126 valence electrons. The number of rotatable bonds is 9. The summed E-state index contributed by atoms with van der Waals surface area (Å²) in [4.78, 5) is 10.5. The number of allylic oxidation sites excluding steroid dienone is 1. The van der Waals surface area contributed by atoms with Gasteiger partial charge in [0.15, 0.2) is 0 Å². The molecular weight excluding hydrogens is 291 g/mol. The quantitative estimate of drug-likeness (QED) is 0.505. The molecular formula is C20H27FO2. The van der Waals surface area contributed by atoms with Crippen LogP contribution in [0.1, 0.15) is 38.3 Å². The Hall–Kier alpha value is -1.90. The lowest BCUT2D eigenvalue weighted by Crippen LogP contribution is -2.28. The molecule has 0 amide bonds. The summed E-state index contributed by atoms with van der Waals surface area (Å²) in [6.45, 7) is 10.0. The highest BCUT2D eigenvalue weighted by Gasteiger charge is 2.28. The van der Waals surface area contributed by atoms with Crippen molar-refractivity contribution in [1.82, 2.24) is 0 Å². The molecule has 0 aliphatic rings. The van der Waals surface area contributed by atoms with Gasteiger partial charge in [-0.3, -0.25) is 0 Å². The van der Waals surface area contributed by atoms with Gasteiger partial charge in [-0.1, -0.05) is 57.5 Å². The number of benzene rings is 1. The number of alkyl halides is 1. The smallest absolute Gasteiger partial charge is 0.328 e. The van der Waals surface area contributed by atoms with Crippen LogP contribution >= 0.6 is 0 Å². The topological polar surface area (TPSA) is 37.3 Å². The van der Waals surface area contributed by atoms with Crippen LogP contribution in [-0.4, -0.2) is 17.2 Å². The predicted molar refractivity (Wildman–Crippen MR) is 94.0 cm³/mol. The summed E-state index contributed by atoms with van der Waals surface area (Å²) >= 11 is 0. The number of carbonyl (C=O) groups is 1. The fourth-order valence-corrected chi connectivity index (χ4v) is 2.76. The van der Waals surface area contributed by atoms with E-state index in [1.54, 1.807) is 6.08 Å². The second-order valence-corrected chi connectivity index (χ2v) is 6.21. The van der Waals surface area contributed by atoms with Gasteiger partial charge < -0.3 is 5.11 Å². The maximum absolute atomic E-state index is 14.3. The SMILES string of the molecule is C=CC(F)[C@H](Cc1ccc(/C=C/C(=O)O)cc1)[C@@H](C)[C@H](C)CC. The minimum Gasteiger partial charge on any atom is -0.478 e. The van der Waals surface area contributed by atoms with E-state index in [9.17, 15) is 9.18 Å². The summed E-state index contributed by atoms with van der Waals surface area (Å²) in [7, 11) is 0. The van der Waals surface area contributed by atoms with Gasteiger partial charge in [-0.2, -0.15) is 0 Å². The number of carboxylic acid groups (broad SMARTS) is 1. The van der Waals surface area contributed by atoms with Crippen molar-refractivity contribution < 1.29 is 14.3 Å². The molecule has 1 rings (SSSR count). The normalized spacial score (nSPS) is 16.7. The van der Waals surface area contributed by atoms with Gasteiger partial charge in [-0.15, -0.1) is 6.58 Å². The first-order chi connectivity index (χ1) is 10.9. The lowest BCUT2D eigenvalue weighted by Gasteiger charge is -2.30. The van der Waals surface area contributed by atoms with Crippen LogP contribution in [0.25, 0.3) is 6.08 Å². The monoisotopic (exact) mass is 318 g/mol. The number of hydrogen-bond acceptors (Lipinski definition) is 1. The van der Waals surface area contributed by atoms with Crippen LogP contribution in [0.2, 0.25) is 0 Å². The van der Waals surface area contributed by atoms with E-state index in [4.69, 9.17) is 5.11 Å². The van der Waals surface area contributed by atoms with Crippen molar-refractivity contribution >= 4 is 12.0 Å². The molecule has 1 aromatic rings. The molecule has 0 aromatic heterocycles. The van der Waals surface area contributed by atoms with Crippen LogP contribution in [0.15, 0.2) is 43.0 Å². The average Bonchev–Trinajstić information content (AvgIpc) is 2.56. The lowest BCUT2D eigenvalue weighted by molar-refractivity contribution is -0.131. The highest BCUT2D eigenvalue weighted by atomic mass is 19.1. The summed E-state index contributed by atoms with van der Waals surface area (Å²) < 4.78 is 14.3. The molecule has 1 unspecified atom stereocenters. The number of carboxylic acids is 1. The molecule has 1 N–H and O–H groups in total. The molecule has 0 fully saturated rings. The van der Waals surface area contributed by atoms with E-state index in [1.165, 1.54) is 6.08 Å². The van der Waals surface area contributed by atoms with Gasteiger partial charge in [0.2, 0.25) is 0 Å². The molecule has 0 saturated carbocycles. The van der Waals surface area contributed by atoms with Gasteiger partial charge in [0.25, 0.3) is 0 Å². The van der Waals surface area contributed by atoms with Crippen LogP contribution in [0.5, 0.6) is 0 Å². The van der Waals surface area contributed by atoms with E-state index in [-0.39, 0.29) is 11.8 Å². The van der Waals surface area contributed by atoms with Gasteiger partial charge in [-0.25, -0.2) is 9.18 Å². The maximum Gasteiger partial charge on any atom is 0.328 e. The summed E-state index contributed by atoms with van der Waals surface area (Å²) in [5.74, 6) is -0.346. The third kappa shape index (κ3) is 6.01. The first-order valence-corrected chi connectivity index (χ1v) is 8.15. The zero-order chi connectivity index (χ0) is 17.4. The Kier molecular flexibility index (Phi) is 7.73.